The summed E-state index contributed by atoms with van der Waals surface area (Å²) in [5, 5.41) is 26.0. The summed E-state index contributed by atoms with van der Waals surface area (Å²) in [5.74, 6) is 0.348. The molecule has 2 heterocycles. The number of hydrogen-bond donors (Lipinski definition) is 3. The van der Waals surface area contributed by atoms with Crippen LogP contribution in [0.15, 0.2) is 6.20 Å². The Kier molecular flexibility index (Phi) is 5.95. The van der Waals surface area contributed by atoms with Crippen LogP contribution in [0.4, 0.5) is 16.3 Å². The zero-order chi connectivity index (χ0) is 20.4. The van der Waals surface area contributed by atoms with E-state index in [9.17, 15) is 20.0 Å². The molecule has 0 spiro atoms. The molecule has 1 aliphatic rings. The third kappa shape index (κ3) is 5.79. The molecule has 1 aromatic rings. The van der Waals surface area contributed by atoms with Gasteiger partial charge in [-0.25, -0.2) is 14.9 Å². The molecule has 0 aromatic carbocycles. The van der Waals surface area contributed by atoms with Gasteiger partial charge in [0.2, 0.25) is 5.82 Å². The summed E-state index contributed by atoms with van der Waals surface area (Å²) >= 11 is 0. The first kappa shape index (κ1) is 20.9. The summed E-state index contributed by atoms with van der Waals surface area (Å²) in [7, 11) is 1.63. The van der Waals surface area contributed by atoms with Gasteiger partial charge in [0.15, 0.2) is 0 Å². The molecule has 0 aliphatic carbocycles. The number of aryl methyl sites for hydroxylation is 1. The van der Waals surface area contributed by atoms with Crippen LogP contribution in [-0.2, 0) is 11.8 Å². The molecule has 1 aromatic heterocycles. The Morgan fingerprint density at radius 3 is 2.78 bits per heavy atom. The molecule has 2 atom stereocenters. The molecule has 11 nitrogen and oxygen atoms in total. The second kappa shape index (κ2) is 7.69. The summed E-state index contributed by atoms with van der Waals surface area (Å²) in [6, 6.07) is -0.232. The van der Waals surface area contributed by atoms with Crippen LogP contribution in [-0.4, -0.2) is 56.2 Å². The van der Waals surface area contributed by atoms with E-state index in [1.165, 1.54) is 10.9 Å². The van der Waals surface area contributed by atoms with E-state index in [0.717, 1.165) is 0 Å². The van der Waals surface area contributed by atoms with E-state index < -0.39 is 22.2 Å². The summed E-state index contributed by atoms with van der Waals surface area (Å²) in [6.45, 7) is 7.61. The molecular weight excluding hydrogens is 356 g/mol. The number of ether oxygens (including phenoxy) is 1. The van der Waals surface area contributed by atoms with Gasteiger partial charge in [-0.1, -0.05) is 0 Å². The van der Waals surface area contributed by atoms with Crippen molar-refractivity contribution in [2.45, 2.75) is 57.8 Å². The first-order valence-electron chi connectivity index (χ1n) is 8.76. The molecule has 1 saturated heterocycles. The van der Waals surface area contributed by atoms with Crippen molar-refractivity contribution in [1.82, 2.24) is 20.6 Å². The van der Waals surface area contributed by atoms with E-state index in [1.54, 1.807) is 39.6 Å². The van der Waals surface area contributed by atoms with Gasteiger partial charge in [0.1, 0.15) is 11.8 Å². The van der Waals surface area contributed by atoms with Gasteiger partial charge < -0.3 is 14.7 Å². The summed E-state index contributed by atoms with van der Waals surface area (Å²) in [6.07, 6.45) is 1.50. The highest BCUT2D eigenvalue weighted by Crippen LogP contribution is 2.31. The van der Waals surface area contributed by atoms with Crippen LogP contribution in [0.25, 0.3) is 0 Å². The van der Waals surface area contributed by atoms with Crippen molar-refractivity contribution in [3.8, 4) is 0 Å². The Balaban J connectivity index is 2.07. The highest BCUT2D eigenvalue weighted by molar-refractivity contribution is 5.67. The van der Waals surface area contributed by atoms with Crippen molar-refractivity contribution in [3.63, 3.8) is 0 Å². The lowest BCUT2D eigenvalue weighted by Crippen LogP contribution is -2.49. The SMILES string of the molecule is Cn1ncc([N+](=O)[O-])c1N1CCC(NNC(=O)OC(C)(C)C)CC(C)(O)C1. The maximum absolute atomic E-state index is 11.8. The fourth-order valence-electron chi connectivity index (χ4n) is 3.18. The number of nitrogens with zero attached hydrogens (tertiary/aromatic N) is 4. The van der Waals surface area contributed by atoms with Gasteiger partial charge in [0.25, 0.3) is 0 Å². The van der Waals surface area contributed by atoms with Crippen LogP contribution in [0.3, 0.4) is 0 Å². The normalized spacial score (nSPS) is 23.6. The van der Waals surface area contributed by atoms with E-state index in [-0.39, 0.29) is 18.3 Å². The zero-order valence-electron chi connectivity index (χ0n) is 16.4. The number of rotatable bonds is 4. The van der Waals surface area contributed by atoms with Gasteiger partial charge in [-0.15, -0.1) is 0 Å². The number of hydrazine groups is 1. The zero-order valence-corrected chi connectivity index (χ0v) is 16.4. The topological polar surface area (TPSA) is 135 Å². The Morgan fingerprint density at radius 2 is 2.19 bits per heavy atom. The van der Waals surface area contributed by atoms with Gasteiger partial charge in [-0.3, -0.25) is 15.5 Å². The summed E-state index contributed by atoms with van der Waals surface area (Å²) in [4.78, 5) is 24.3. The third-order valence-corrected chi connectivity index (χ3v) is 4.13. The lowest BCUT2D eigenvalue weighted by molar-refractivity contribution is -0.384. The number of anilines is 1. The molecule has 11 heteroatoms. The molecule has 1 fully saturated rings. The van der Waals surface area contributed by atoms with E-state index in [4.69, 9.17) is 4.74 Å². The van der Waals surface area contributed by atoms with E-state index in [0.29, 0.717) is 25.2 Å². The van der Waals surface area contributed by atoms with E-state index >= 15 is 0 Å². The van der Waals surface area contributed by atoms with E-state index in [1.807, 2.05) is 0 Å². The minimum Gasteiger partial charge on any atom is -0.443 e. The molecule has 0 bridgehead atoms. The minimum absolute atomic E-state index is 0.105. The molecule has 0 radical (unpaired) electrons. The van der Waals surface area contributed by atoms with Crippen LogP contribution in [0, 0.1) is 10.1 Å². The Morgan fingerprint density at radius 1 is 1.52 bits per heavy atom. The number of carbonyl (C=O) groups excluding carboxylic acids is 1. The fraction of sp³-hybridized carbons (Fsp3) is 0.750. The predicted octanol–water partition coefficient (Wildman–Crippen LogP) is 1.08. The van der Waals surface area contributed by atoms with Gasteiger partial charge in [-0.05, 0) is 40.5 Å². The first-order chi connectivity index (χ1) is 12.4. The highest BCUT2D eigenvalue weighted by atomic mass is 16.6. The first-order valence-corrected chi connectivity index (χ1v) is 8.76. The second-order valence-electron chi connectivity index (χ2n) is 8.11. The van der Waals surface area contributed by atoms with Crippen LogP contribution in [0.2, 0.25) is 0 Å². The minimum atomic E-state index is -1.12. The average molecular weight is 384 g/mol. The Labute approximate surface area is 157 Å². The van der Waals surface area contributed by atoms with Gasteiger partial charge in [-0.2, -0.15) is 5.10 Å². The van der Waals surface area contributed by atoms with Crippen molar-refractivity contribution >= 4 is 17.6 Å². The second-order valence-corrected chi connectivity index (χ2v) is 8.11. The Bertz CT molecular complexity index is 696. The quantitative estimate of drug-likeness (QED) is 0.518. The average Bonchev–Trinajstić information content (AvgIpc) is 2.80. The number of aromatic nitrogens is 2. The number of hydrogen-bond acceptors (Lipinski definition) is 8. The molecule has 2 unspecified atom stereocenters. The van der Waals surface area contributed by atoms with E-state index in [2.05, 4.69) is 16.0 Å². The lowest BCUT2D eigenvalue weighted by atomic mass is 9.97. The van der Waals surface area contributed by atoms with Gasteiger partial charge in [0.05, 0.1) is 10.5 Å². The van der Waals surface area contributed by atoms with Crippen molar-refractivity contribution < 1.29 is 19.6 Å². The monoisotopic (exact) mass is 384 g/mol. The molecule has 2 rings (SSSR count). The van der Waals surface area contributed by atoms with Crippen LogP contribution in [0.1, 0.15) is 40.5 Å². The fourth-order valence-corrected chi connectivity index (χ4v) is 3.18. The van der Waals surface area contributed by atoms with Crippen LogP contribution < -0.4 is 15.8 Å². The predicted molar refractivity (Wildman–Crippen MR) is 98.2 cm³/mol. The number of carbonyl (C=O) groups is 1. The molecule has 3 N–H and O–H groups in total. The van der Waals surface area contributed by atoms with Crippen LogP contribution >= 0.6 is 0 Å². The molecule has 1 aliphatic heterocycles. The maximum Gasteiger partial charge on any atom is 0.422 e. The van der Waals surface area contributed by atoms with Crippen molar-refractivity contribution in [2.24, 2.45) is 7.05 Å². The molecule has 152 valence electrons. The molecule has 0 saturated carbocycles. The molecular formula is C16H28N6O5. The Hall–Kier alpha value is -2.40. The highest BCUT2D eigenvalue weighted by Gasteiger charge is 2.36. The van der Waals surface area contributed by atoms with Crippen LogP contribution in [0.5, 0.6) is 0 Å². The van der Waals surface area contributed by atoms with Gasteiger partial charge >= 0.3 is 11.8 Å². The molecule has 27 heavy (non-hydrogen) atoms. The number of β-amino-alcohol motifs (C(OH)–C–C–N with tert-alkyl or cyclic N) is 1. The number of nitro groups is 1. The van der Waals surface area contributed by atoms with Crippen molar-refractivity contribution in [1.29, 1.82) is 0 Å². The number of nitrogens with one attached hydrogen (secondary N) is 2. The lowest BCUT2D eigenvalue weighted by Gasteiger charge is -2.29. The number of aliphatic hydroxyl groups is 1. The smallest absolute Gasteiger partial charge is 0.422 e. The van der Waals surface area contributed by atoms with Crippen molar-refractivity contribution in [3.05, 3.63) is 16.3 Å². The summed E-state index contributed by atoms with van der Waals surface area (Å²) < 4.78 is 6.61. The van der Waals surface area contributed by atoms with Crippen molar-refractivity contribution in [2.75, 3.05) is 18.0 Å². The number of amides is 1. The molecule has 1 amide bonds. The largest absolute Gasteiger partial charge is 0.443 e. The summed E-state index contributed by atoms with van der Waals surface area (Å²) in [5.41, 5.74) is 3.55. The standard InChI is InChI=1S/C16H28N6O5/c1-15(2,3)27-14(23)19-18-11-6-7-21(10-16(4,24)8-11)13-12(22(25)26)9-17-20(13)5/h9,11,18,24H,6-8,10H2,1-5H3,(H,19,23). The third-order valence-electron chi connectivity index (χ3n) is 4.13. The van der Waals surface area contributed by atoms with Gasteiger partial charge in [0, 0.05) is 26.2 Å². The maximum atomic E-state index is 11.8.